The molecule has 4 aromatic rings. The van der Waals surface area contributed by atoms with E-state index in [4.69, 9.17) is 0 Å². The molecule has 1 N–H and O–H groups in total. The first-order chi connectivity index (χ1) is 15.7. The minimum absolute atomic E-state index is 0.0935. The number of carbonyl (C=O) groups excluding carboxylic acids is 1. The number of rotatable bonds is 8. The van der Waals surface area contributed by atoms with Crippen molar-refractivity contribution in [2.75, 3.05) is 11.1 Å². The Hall–Kier alpha value is -3.64. The summed E-state index contributed by atoms with van der Waals surface area (Å²) in [6.45, 7) is 6.47. The molecule has 0 aliphatic heterocycles. The molecule has 32 heavy (non-hydrogen) atoms. The summed E-state index contributed by atoms with van der Waals surface area (Å²) in [4.78, 5) is 12.8. The zero-order chi connectivity index (χ0) is 22.3. The highest BCUT2D eigenvalue weighted by molar-refractivity contribution is 7.99. The standard InChI is InChI=1S/C26H24N4OS/c1-3-17-30-25(21-14-8-7-11-19(21)2)28-29-26(30)32-18-24(31)27-23-16-10-9-15-22(23)20-12-5-4-6-13-20/h3-16H,1,17-18H2,2H3,(H,27,31). The van der Waals surface area contributed by atoms with Crippen LogP contribution in [0.1, 0.15) is 5.56 Å². The molecule has 3 aromatic carbocycles. The van der Waals surface area contributed by atoms with Crippen molar-refractivity contribution in [2.45, 2.75) is 18.6 Å². The summed E-state index contributed by atoms with van der Waals surface area (Å²) in [5, 5.41) is 12.5. The Kier molecular flexibility index (Phi) is 6.82. The largest absolute Gasteiger partial charge is 0.325 e. The smallest absolute Gasteiger partial charge is 0.234 e. The van der Waals surface area contributed by atoms with Gasteiger partial charge in [-0.3, -0.25) is 9.36 Å². The number of thioether (sulfide) groups is 1. The first-order valence-electron chi connectivity index (χ1n) is 10.3. The predicted molar refractivity (Wildman–Crippen MR) is 132 cm³/mol. The van der Waals surface area contributed by atoms with Gasteiger partial charge in [-0.15, -0.1) is 16.8 Å². The van der Waals surface area contributed by atoms with E-state index in [9.17, 15) is 4.79 Å². The van der Waals surface area contributed by atoms with E-state index in [0.29, 0.717) is 11.7 Å². The number of carbonyl (C=O) groups is 1. The zero-order valence-corrected chi connectivity index (χ0v) is 18.7. The van der Waals surface area contributed by atoms with Crippen LogP contribution in [-0.4, -0.2) is 26.4 Å². The van der Waals surface area contributed by atoms with E-state index in [2.05, 4.69) is 22.1 Å². The third-order valence-corrected chi connectivity index (χ3v) is 6.00. The molecule has 0 unspecified atom stereocenters. The van der Waals surface area contributed by atoms with Gasteiger partial charge in [0.05, 0.1) is 5.75 Å². The first-order valence-corrected chi connectivity index (χ1v) is 11.3. The molecule has 160 valence electrons. The van der Waals surface area contributed by atoms with Gasteiger partial charge in [0.15, 0.2) is 11.0 Å². The molecular formula is C26H24N4OS. The van der Waals surface area contributed by atoms with Crippen LogP contribution < -0.4 is 5.32 Å². The van der Waals surface area contributed by atoms with E-state index in [1.165, 1.54) is 11.8 Å². The van der Waals surface area contributed by atoms with Gasteiger partial charge in [-0.2, -0.15) is 0 Å². The number of para-hydroxylation sites is 1. The van der Waals surface area contributed by atoms with Crippen LogP contribution in [-0.2, 0) is 11.3 Å². The molecule has 0 radical (unpaired) electrons. The van der Waals surface area contributed by atoms with Gasteiger partial charge in [0.1, 0.15) is 0 Å². The Bertz CT molecular complexity index is 1230. The summed E-state index contributed by atoms with van der Waals surface area (Å²) in [5.74, 6) is 0.913. The number of hydrogen-bond donors (Lipinski definition) is 1. The van der Waals surface area contributed by atoms with Gasteiger partial charge in [-0.1, -0.05) is 90.6 Å². The number of aryl methyl sites for hydroxylation is 1. The fourth-order valence-electron chi connectivity index (χ4n) is 3.49. The van der Waals surface area contributed by atoms with E-state index in [1.807, 2.05) is 96.4 Å². The van der Waals surface area contributed by atoms with Crippen LogP contribution >= 0.6 is 11.8 Å². The Morgan fingerprint density at radius 2 is 1.66 bits per heavy atom. The summed E-state index contributed by atoms with van der Waals surface area (Å²) < 4.78 is 1.99. The molecule has 4 rings (SSSR count). The molecule has 5 nitrogen and oxygen atoms in total. The van der Waals surface area contributed by atoms with Gasteiger partial charge in [0, 0.05) is 23.4 Å². The van der Waals surface area contributed by atoms with E-state index in [0.717, 1.165) is 33.8 Å². The summed E-state index contributed by atoms with van der Waals surface area (Å²) in [6.07, 6.45) is 1.81. The lowest BCUT2D eigenvalue weighted by atomic mass is 10.0. The number of aromatic nitrogens is 3. The van der Waals surface area contributed by atoms with Gasteiger partial charge in [0.25, 0.3) is 0 Å². The predicted octanol–water partition coefficient (Wildman–Crippen LogP) is 5.84. The van der Waals surface area contributed by atoms with Crippen LogP contribution in [0.4, 0.5) is 5.69 Å². The fourth-order valence-corrected chi connectivity index (χ4v) is 4.24. The maximum Gasteiger partial charge on any atom is 0.234 e. The summed E-state index contributed by atoms with van der Waals surface area (Å²) >= 11 is 1.37. The summed E-state index contributed by atoms with van der Waals surface area (Å²) in [5.41, 5.74) is 4.98. The number of amides is 1. The number of nitrogens with zero attached hydrogens (tertiary/aromatic N) is 3. The molecule has 1 aromatic heterocycles. The average molecular weight is 441 g/mol. The Balaban J connectivity index is 1.50. The number of allylic oxidation sites excluding steroid dienone is 1. The maximum absolute atomic E-state index is 12.8. The van der Waals surface area contributed by atoms with Crippen LogP contribution in [0, 0.1) is 6.92 Å². The molecule has 0 saturated carbocycles. The Morgan fingerprint density at radius 3 is 2.41 bits per heavy atom. The molecular weight excluding hydrogens is 416 g/mol. The van der Waals surface area contributed by atoms with Gasteiger partial charge in [0.2, 0.25) is 5.91 Å². The SMILES string of the molecule is C=CCn1c(SCC(=O)Nc2ccccc2-c2ccccc2)nnc1-c1ccccc1C. The summed E-state index contributed by atoms with van der Waals surface area (Å²) in [6, 6.07) is 25.9. The highest BCUT2D eigenvalue weighted by Gasteiger charge is 2.16. The lowest BCUT2D eigenvalue weighted by molar-refractivity contribution is -0.113. The van der Waals surface area contributed by atoms with Crippen molar-refractivity contribution < 1.29 is 4.79 Å². The van der Waals surface area contributed by atoms with Gasteiger partial charge in [-0.25, -0.2) is 0 Å². The molecule has 1 amide bonds. The molecule has 6 heteroatoms. The van der Waals surface area contributed by atoms with E-state index in [1.54, 1.807) is 0 Å². The third-order valence-electron chi connectivity index (χ3n) is 5.03. The lowest BCUT2D eigenvalue weighted by Gasteiger charge is -2.12. The Morgan fingerprint density at radius 1 is 0.969 bits per heavy atom. The molecule has 0 aliphatic rings. The topological polar surface area (TPSA) is 59.8 Å². The molecule has 1 heterocycles. The minimum atomic E-state index is -0.0935. The monoisotopic (exact) mass is 440 g/mol. The first kappa shape index (κ1) is 21.6. The third kappa shape index (κ3) is 4.81. The van der Waals surface area contributed by atoms with Crippen molar-refractivity contribution >= 4 is 23.4 Å². The molecule has 0 bridgehead atoms. The van der Waals surface area contributed by atoms with Crippen molar-refractivity contribution in [2.24, 2.45) is 0 Å². The molecule has 0 fully saturated rings. The van der Waals surface area contributed by atoms with Gasteiger partial charge >= 0.3 is 0 Å². The average Bonchev–Trinajstić information content (AvgIpc) is 3.21. The molecule has 0 saturated heterocycles. The van der Waals surface area contributed by atoms with E-state index >= 15 is 0 Å². The number of hydrogen-bond acceptors (Lipinski definition) is 4. The van der Waals surface area contributed by atoms with Crippen molar-refractivity contribution in [3.8, 4) is 22.5 Å². The number of anilines is 1. The van der Waals surface area contributed by atoms with Crippen molar-refractivity contribution in [1.82, 2.24) is 14.8 Å². The van der Waals surface area contributed by atoms with E-state index < -0.39 is 0 Å². The van der Waals surface area contributed by atoms with Crippen molar-refractivity contribution in [1.29, 1.82) is 0 Å². The second-order valence-electron chi connectivity index (χ2n) is 7.27. The lowest BCUT2D eigenvalue weighted by Crippen LogP contribution is -2.15. The molecule has 0 aliphatic carbocycles. The fraction of sp³-hybridized carbons (Fsp3) is 0.115. The van der Waals surface area contributed by atoms with Crippen molar-refractivity contribution in [3.05, 3.63) is 97.1 Å². The van der Waals surface area contributed by atoms with Crippen LogP contribution in [0.2, 0.25) is 0 Å². The van der Waals surface area contributed by atoms with Gasteiger partial charge < -0.3 is 5.32 Å². The Labute approximate surface area is 192 Å². The van der Waals surface area contributed by atoms with Crippen LogP contribution in [0.15, 0.2) is 96.7 Å². The second-order valence-corrected chi connectivity index (χ2v) is 8.21. The van der Waals surface area contributed by atoms with E-state index in [-0.39, 0.29) is 11.7 Å². The highest BCUT2D eigenvalue weighted by atomic mass is 32.2. The summed E-state index contributed by atoms with van der Waals surface area (Å²) in [7, 11) is 0. The minimum Gasteiger partial charge on any atom is -0.325 e. The number of nitrogens with one attached hydrogen (secondary N) is 1. The molecule has 0 atom stereocenters. The molecule has 0 spiro atoms. The van der Waals surface area contributed by atoms with Crippen LogP contribution in [0.25, 0.3) is 22.5 Å². The zero-order valence-electron chi connectivity index (χ0n) is 17.9. The van der Waals surface area contributed by atoms with Crippen LogP contribution in [0.5, 0.6) is 0 Å². The quantitative estimate of drug-likeness (QED) is 0.276. The number of benzene rings is 3. The normalized spacial score (nSPS) is 10.7. The van der Waals surface area contributed by atoms with Crippen LogP contribution in [0.3, 0.4) is 0 Å². The second kappa shape index (κ2) is 10.1. The van der Waals surface area contributed by atoms with Crippen molar-refractivity contribution in [3.63, 3.8) is 0 Å². The van der Waals surface area contributed by atoms with Gasteiger partial charge in [-0.05, 0) is 24.1 Å². The maximum atomic E-state index is 12.8. The highest BCUT2D eigenvalue weighted by Crippen LogP contribution is 2.29.